The Balaban J connectivity index is 2.76. The van der Waals surface area contributed by atoms with E-state index in [4.69, 9.17) is 4.74 Å². The van der Waals surface area contributed by atoms with Crippen LogP contribution in [0.5, 0.6) is 0 Å². The fourth-order valence-electron chi connectivity index (χ4n) is 1.32. The summed E-state index contributed by atoms with van der Waals surface area (Å²) in [6, 6.07) is 3.29. The third-order valence-corrected chi connectivity index (χ3v) is 2.87. The van der Waals surface area contributed by atoms with Gasteiger partial charge in [-0.2, -0.15) is 13.2 Å². The number of rotatable bonds is 5. The highest BCUT2D eigenvalue weighted by Gasteiger charge is 2.30. The Kier molecular flexibility index (Phi) is 5.43. The lowest BCUT2D eigenvalue weighted by Crippen LogP contribution is -2.24. The summed E-state index contributed by atoms with van der Waals surface area (Å²) in [6.07, 6.45) is -5.17. The predicted molar refractivity (Wildman–Crippen MR) is 65.5 cm³/mol. The van der Waals surface area contributed by atoms with E-state index in [-0.39, 0.29) is 18.8 Å². The van der Waals surface area contributed by atoms with Crippen LogP contribution in [-0.4, -0.2) is 31.5 Å². The molecule has 0 aliphatic rings. The maximum Gasteiger partial charge on any atom is 0.416 e. The molecule has 1 unspecified atom stereocenters. The van der Waals surface area contributed by atoms with Gasteiger partial charge in [-0.3, -0.25) is 0 Å². The lowest BCUT2D eigenvalue weighted by atomic mass is 10.2. The van der Waals surface area contributed by atoms with Crippen molar-refractivity contribution in [1.29, 1.82) is 0 Å². The van der Waals surface area contributed by atoms with Crippen molar-refractivity contribution in [2.75, 3.05) is 25.6 Å². The minimum atomic E-state index is -4.39. The number of anilines is 1. The van der Waals surface area contributed by atoms with Gasteiger partial charge in [0.05, 0.1) is 18.3 Å². The number of ether oxygens (including phenoxy) is 1. The number of alkyl halides is 3. The van der Waals surface area contributed by atoms with E-state index in [1.165, 1.54) is 13.2 Å². The fraction of sp³-hybridized carbons (Fsp3) is 0.455. The lowest BCUT2D eigenvalue weighted by Gasteiger charge is -2.15. The van der Waals surface area contributed by atoms with Gasteiger partial charge in [0.15, 0.2) is 0 Å². The topological polar surface area (TPSA) is 41.5 Å². The highest BCUT2D eigenvalue weighted by Crippen LogP contribution is 2.33. The van der Waals surface area contributed by atoms with Crippen molar-refractivity contribution in [3.63, 3.8) is 0 Å². The summed E-state index contributed by atoms with van der Waals surface area (Å²) in [5.74, 6) is 0. The van der Waals surface area contributed by atoms with Crippen molar-refractivity contribution < 1.29 is 23.0 Å². The summed E-state index contributed by atoms with van der Waals surface area (Å²) in [5, 5.41) is 12.1. The van der Waals surface area contributed by atoms with Crippen LogP contribution in [0.2, 0.25) is 0 Å². The summed E-state index contributed by atoms with van der Waals surface area (Å²) in [7, 11) is 1.43. The van der Waals surface area contributed by atoms with E-state index >= 15 is 0 Å². The molecular formula is C11H13BrF3NO2. The molecule has 0 saturated carbocycles. The molecule has 2 N–H and O–H groups in total. The maximum absolute atomic E-state index is 12.5. The predicted octanol–water partition coefficient (Wildman–Crippen LogP) is 2.89. The fourth-order valence-corrected chi connectivity index (χ4v) is 1.70. The largest absolute Gasteiger partial charge is 0.416 e. The van der Waals surface area contributed by atoms with Crippen LogP contribution in [0.3, 0.4) is 0 Å². The molecule has 1 aromatic rings. The van der Waals surface area contributed by atoms with Crippen LogP contribution in [-0.2, 0) is 10.9 Å². The number of aliphatic hydroxyl groups is 1. The van der Waals surface area contributed by atoms with Gasteiger partial charge in [0.2, 0.25) is 0 Å². The monoisotopic (exact) mass is 327 g/mol. The van der Waals surface area contributed by atoms with E-state index < -0.39 is 17.8 Å². The summed E-state index contributed by atoms with van der Waals surface area (Å²) in [4.78, 5) is 0. The smallest absolute Gasteiger partial charge is 0.389 e. The molecular weight excluding hydrogens is 315 g/mol. The zero-order chi connectivity index (χ0) is 13.8. The number of hydrogen-bond donors (Lipinski definition) is 2. The molecule has 1 atom stereocenters. The first-order chi connectivity index (χ1) is 8.34. The molecule has 102 valence electrons. The third-order valence-electron chi connectivity index (χ3n) is 2.18. The quantitative estimate of drug-likeness (QED) is 0.873. The summed E-state index contributed by atoms with van der Waals surface area (Å²) < 4.78 is 42.7. The van der Waals surface area contributed by atoms with Crippen LogP contribution >= 0.6 is 15.9 Å². The number of halogens is 4. The van der Waals surface area contributed by atoms with Crippen molar-refractivity contribution in [2.45, 2.75) is 12.3 Å². The van der Waals surface area contributed by atoms with Gasteiger partial charge in [0.1, 0.15) is 0 Å². The molecule has 7 heteroatoms. The average molecular weight is 328 g/mol. The Labute approximate surface area is 111 Å². The molecule has 0 aliphatic carbocycles. The molecule has 0 aliphatic heterocycles. The first kappa shape index (κ1) is 15.3. The molecule has 0 radical (unpaired) electrons. The molecule has 0 spiro atoms. The van der Waals surface area contributed by atoms with Crippen molar-refractivity contribution >= 4 is 21.6 Å². The van der Waals surface area contributed by atoms with Gasteiger partial charge < -0.3 is 15.2 Å². The summed E-state index contributed by atoms with van der Waals surface area (Å²) in [6.45, 7) is 0.220. The normalized spacial score (nSPS) is 13.4. The number of aliphatic hydroxyl groups excluding tert-OH is 1. The Hall–Kier alpha value is -0.790. The summed E-state index contributed by atoms with van der Waals surface area (Å²) in [5.41, 5.74) is -0.464. The highest BCUT2D eigenvalue weighted by atomic mass is 79.9. The Bertz CT molecular complexity index is 398. The van der Waals surface area contributed by atoms with Gasteiger partial charge in [-0.1, -0.05) is 0 Å². The minimum absolute atomic E-state index is 0.105. The standard InChI is InChI=1S/C11H13BrF3NO2/c1-18-6-8(17)5-16-10-4-7(11(13,14)15)2-3-9(10)12/h2-4,8,16-17H,5-6H2,1H3. The molecule has 1 rings (SSSR count). The molecule has 0 amide bonds. The maximum atomic E-state index is 12.5. The Morgan fingerprint density at radius 1 is 1.44 bits per heavy atom. The number of benzene rings is 1. The Morgan fingerprint density at radius 3 is 2.67 bits per heavy atom. The summed E-state index contributed by atoms with van der Waals surface area (Å²) >= 11 is 3.14. The van der Waals surface area contributed by atoms with Crippen molar-refractivity contribution in [2.24, 2.45) is 0 Å². The van der Waals surface area contributed by atoms with Crippen LogP contribution in [0.25, 0.3) is 0 Å². The molecule has 0 fully saturated rings. The van der Waals surface area contributed by atoms with Crippen LogP contribution in [0.4, 0.5) is 18.9 Å². The van der Waals surface area contributed by atoms with Gasteiger partial charge in [0, 0.05) is 23.8 Å². The van der Waals surface area contributed by atoms with Crippen LogP contribution in [0.1, 0.15) is 5.56 Å². The molecule has 3 nitrogen and oxygen atoms in total. The Morgan fingerprint density at radius 2 is 2.11 bits per heavy atom. The molecule has 0 aromatic heterocycles. The van der Waals surface area contributed by atoms with Crippen LogP contribution < -0.4 is 5.32 Å². The van der Waals surface area contributed by atoms with Crippen LogP contribution in [0.15, 0.2) is 22.7 Å². The van der Waals surface area contributed by atoms with E-state index in [1.54, 1.807) is 0 Å². The SMILES string of the molecule is COCC(O)CNc1cc(C(F)(F)F)ccc1Br. The molecule has 0 bridgehead atoms. The van der Waals surface area contributed by atoms with Crippen molar-refractivity contribution in [3.8, 4) is 0 Å². The van der Waals surface area contributed by atoms with Gasteiger partial charge in [-0.15, -0.1) is 0 Å². The molecule has 0 saturated heterocycles. The number of nitrogens with one attached hydrogen (secondary N) is 1. The molecule has 18 heavy (non-hydrogen) atoms. The van der Waals surface area contributed by atoms with Gasteiger partial charge >= 0.3 is 6.18 Å². The first-order valence-corrected chi connectivity index (χ1v) is 5.91. The van der Waals surface area contributed by atoms with Gasteiger partial charge in [-0.25, -0.2) is 0 Å². The van der Waals surface area contributed by atoms with E-state index in [9.17, 15) is 18.3 Å². The molecule has 1 aromatic carbocycles. The van der Waals surface area contributed by atoms with Gasteiger partial charge in [-0.05, 0) is 34.1 Å². The van der Waals surface area contributed by atoms with Gasteiger partial charge in [0.25, 0.3) is 0 Å². The zero-order valence-electron chi connectivity index (χ0n) is 9.59. The van der Waals surface area contributed by atoms with E-state index in [2.05, 4.69) is 21.2 Å². The lowest BCUT2D eigenvalue weighted by molar-refractivity contribution is -0.137. The van der Waals surface area contributed by atoms with Crippen LogP contribution in [0, 0.1) is 0 Å². The highest BCUT2D eigenvalue weighted by molar-refractivity contribution is 9.10. The molecule has 0 heterocycles. The third kappa shape index (κ3) is 4.47. The second-order valence-electron chi connectivity index (χ2n) is 3.68. The minimum Gasteiger partial charge on any atom is -0.389 e. The second kappa shape index (κ2) is 6.40. The van der Waals surface area contributed by atoms with Crippen molar-refractivity contribution in [1.82, 2.24) is 0 Å². The number of methoxy groups -OCH3 is 1. The van der Waals surface area contributed by atoms with E-state index in [0.29, 0.717) is 4.47 Å². The number of hydrogen-bond acceptors (Lipinski definition) is 3. The average Bonchev–Trinajstić information content (AvgIpc) is 2.26. The van der Waals surface area contributed by atoms with E-state index in [0.717, 1.165) is 12.1 Å². The van der Waals surface area contributed by atoms with Crippen molar-refractivity contribution in [3.05, 3.63) is 28.2 Å². The second-order valence-corrected chi connectivity index (χ2v) is 4.54. The van der Waals surface area contributed by atoms with E-state index in [1.807, 2.05) is 0 Å². The zero-order valence-corrected chi connectivity index (χ0v) is 11.2. The first-order valence-electron chi connectivity index (χ1n) is 5.12.